The first-order chi connectivity index (χ1) is 12.8. The van der Waals surface area contributed by atoms with Crippen molar-refractivity contribution in [3.05, 3.63) is 35.4 Å². The lowest BCUT2D eigenvalue weighted by Gasteiger charge is -2.25. The number of hydrogen-bond donors (Lipinski definition) is 2. The number of benzene rings is 1. The maximum Gasteiger partial charge on any atom is 0.416 e. The van der Waals surface area contributed by atoms with Gasteiger partial charge in [0.05, 0.1) is 28.6 Å². The van der Waals surface area contributed by atoms with Gasteiger partial charge in [0.2, 0.25) is 0 Å². The van der Waals surface area contributed by atoms with Crippen molar-refractivity contribution in [1.29, 1.82) is 0 Å². The molecule has 156 valence electrons. The molecule has 0 saturated carbocycles. The molecule has 28 heavy (non-hydrogen) atoms. The fourth-order valence-electron chi connectivity index (χ4n) is 2.40. The van der Waals surface area contributed by atoms with Gasteiger partial charge in [-0.15, -0.1) is 0 Å². The molecule has 0 saturated heterocycles. The first-order valence-corrected chi connectivity index (χ1v) is 8.71. The molecule has 0 bridgehead atoms. The molecule has 0 radical (unpaired) electrons. The summed E-state index contributed by atoms with van der Waals surface area (Å²) in [5, 5.41) is 4.05. The van der Waals surface area contributed by atoms with Crippen molar-refractivity contribution in [1.82, 2.24) is 5.43 Å². The number of rotatable bonds is 7. The molecular formula is C19H26F4N4O. The molecule has 1 aromatic carbocycles. The van der Waals surface area contributed by atoms with Gasteiger partial charge in [0, 0.05) is 0 Å². The molecule has 0 aliphatic carbocycles. The van der Waals surface area contributed by atoms with Crippen LogP contribution in [0.4, 0.5) is 17.6 Å². The molecule has 1 atom stereocenters. The minimum atomic E-state index is -4.43. The molecular weight excluding hydrogens is 376 g/mol. The highest BCUT2D eigenvalue weighted by molar-refractivity contribution is 6.11. The Morgan fingerprint density at radius 3 is 2.11 bits per heavy atom. The van der Waals surface area contributed by atoms with E-state index in [4.69, 9.17) is 5.73 Å². The van der Waals surface area contributed by atoms with Crippen LogP contribution in [0.2, 0.25) is 0 Å². The van der Waals surface area contributed by atoms with E-state index in [1.165, 1.54) is 32.9 Å². The monoisotopic (exact) mass is 402 g/mol. The second-order valence-corrected chi connectivity index (χ2v) is 7.35. The number of nitrogens with zero attached hydrogens (tertiary/aromatic N) is 2. The highest BCUT2D eigenvalue weighted by atomic mass is 19.4. The van der Waals surface area contributed by atoms with E-state index in [-0.39, 0.29) is 17.5 Å². The SMILES string of the molecule is CC(N)=NC(=O)C(C)(C)/C(CF)=N\NC(c1ccc(C(F)(F)F)cc1)C(C)C. The minimum absolute atomic E-state index is 0.0500. The van der Waals surface area contributed by atoms with Crippen LogP contribution < -0.4 is 11.2 Å². The molecule has 1 rings (SSSR count). The van der Waals surface area contributed by atoms with Crippen LogP contribution in [0.15, 0.2) is 34.4 Å². The van der Waals surface area contributed by atoms with E-state index in [1.807, 2.05) is 13.8 Å². The van der Waals surface area contributed by atoms with Crippen molar-refractivity contribution < 1.29 is 22.4 Å². The summed E-state index contributed by atoms with van der Waals surface area (Å²) in [7, 11) is 0. The molecule has 0 fully saturated rings. The Bertz CT molecular complexity index is 733. The average molecular weight is 402 g/mol. The molecule has 0 aliphatic heterocycles. The van der Waals surface area contributed by atoms with Gasteiger partial charge >= 0.3 is 6.18 Å². The molecule has 0 spiro atoms. The molecule has 5 nitrogen and oxygen atoms in total. The Kier molecular flexibility index (Phi) is 7.72. The topological polar surface area (TPSA) is 79.8 Å². The number of alkyl halides is 4. The largest absolute Gasteiger partial charge is 0.416 e. The van der Waals surface area contributed by atoms with E-state index in [0.29, 0.717) is 5.56 Å². The predicted molar refractivity (Wildman–Crippen MR) is 102 cm³/mol. The van der Waals surface area contributed by atoms with Gasteiger partial charge in [0.1, 0.15) is 6.67 Å². The molecule has 9 heteroatoms. The number of carbonyl (C=O) groups is 1. The van der Waals surface area contributed by atoms with Crippen molar-refractivity contribution >= 4 is 17.5 Å². The standard InChI is InChI=1S/C19H26F4N4O/c1-11(2)16(13-6-8-14(9-7-13)19(21,22)23)27-26-15(10-20)18(4,5)17(28)25-12(3)24/h6-9,11,16,27H,10H2,1-5H3,(H2,24,25,28)/b26-15-. The van der Waals surface area contributed by atoms with E-state index in [2.05, 4.69) is 15.5 Å². The van der Waals surface area contributed by atoms with Crippen LogP contribution >= 0.6 is 0 Å². The quantitative estimate of drug-likeness (QED) is 0.310. The molecule has 0 heterocycles. The smallest absolute Gasteiger partial charge is 0.387 e. The van der Waals surface area contributed by atoms with Gasteiger partial charge in [-0.05, 0) is 44.4 Å². The van der Waals surface area contributed by atoms with Crippen LogP contribution in [0.5, 0.6) is 0 Å². The first-order valence-electron chi connectivity index (χ1n) is 8.71. The fraction of sp³-hybridized carbons (Fsp3) is 0.526. The van der Waals surface area contributed by atoms with Crippen LogP contribution in [-0.4, -0.2) is 24.1 Å². The maximum absolute atomic E-state index is 13.6. The summed E-state index contributed by atoms with van der Waals surface area (Å²) in [5.74, 6) is -0.653. The number of halogens is 4. The van der Waals surface area contributed by atoms with E-state index in [1.54, 1.807) is 0 Å². The van der Waals surface area contributed by atoms with Crippen molar-refractivity contribution in [3.8, 4) is 0 Å². The first kappa shape index (κ1) is 23.6. The lowest BCUT2D eigenvalue weighted by molar-refractivity contribution is -0.137. The summed E-state index contributed by atoms with van der Waals surface area (Å²) in [4.78, 5) is 15.9. The summed E-state index contributed by atoms with van der Waals surface area (Å²) < 4.78 is 51.8. The highest BCUT2D eigenvalue weighted by Gasteiger charge is 2.34. The number of amides is 1. The summed E-state index contributed by atoms with van der Waals surface area (Å²) in [6.07, 6.45) is -4.43. The number of aliphatic imine (C=N–C) groups is 1. The van der Waals surface area contributed by atoms with Crippen molar-refractivity contribution in [3.63, 3.8) is 0 Å². The molecule has 1 unspecified atom stereocenters. The van der Waals surface area contributed by atoms with Crippen molar-refractivity contribution in [2.24, 2.45) is 27.2 Å². The second-order valence-electron chi connectivity index (χ2n) is 7.35. The van der Waals surface area contributed by atoms with Crippen LogP contribution in [-0.2, 0) is 11.0 Å². The number of carbonyl (C=O) groups excluding carboxylic acids is 1. The Balaban J connectivity index is 3.14. The van der Waals surface area contributed by atoms with Crippen LogP contribution in [0.1, 0.15) is 51.8 Å². The Morgan fingerprint density at radius 1 is 1.18 bits per heavy atom. The van der Waals surface area contributed by atoms with Gasteiger partial charge in [-0.3, -0.25) is 4.79 Å². The predicted octanol–water partition coefficient (Wildman–Crippen LogP) is 4.25. The van der Waals surface area contributed by atoms with E-state index in [0.717, 1.165) is 12.1 Å². The number of nitrogens with one attached hydrogen (secondary N) is 1. The zero-order valence-corrected chi connectivity index (χ0v) is 16.6. The van der Waals surface area contributed by atoms with Crippen molar-refractivity contribution in [2.75, 3.05) is 6.67 Å². The molecule has 1 amide bonds. The Hall–Kier alpha value is -2.45. The number of nitrogens with two attached hydrogens (primary N) is 1. The van der Waals surface area contributed by atoms with E-state index < -0.39 is 35.8 Å². The van der Waals surface area contributed by atoms with Crippen LogP contribution in [0.3, 0.4) is 0 Å². The molecule has 0 aromatic heterocycles. The summed E-state index contributed by atoms with van der Waals surface area (Å²) in [6.45, 7) is 7.09. The Labute approximate surface area is 162 Å². The van der Waals surface area contributed by atoms with Gasteiger partial charge < -0.3 is 11.2 Å². The highest BCUT2D eigenvalue weighted by Crippen LogP contribution is 2.31. The van der Waals surface area contributed by atoms with Crippen LogP contribution in [0.25, 0.3) is 0 Å². The molecule has 1 aromatic rings. The number of hydrogen-bond acceptors (Lipinski definition) is 3. The zero-order valence-electron chi connectivity index (χ0n) is 16.6. The zero-order chi connectivity index (χ0) is 21.7. The van der Waals surface area contributed by atoms with E-state index in [9.17, 15) is 22.4 Å². The van der Waals surface area contributed by atoms with E-state index >= 15 is 0 Å². The normalized spacial score (nSPS) is 14.9. The fourth-order valence-corrected chi connectivity index (χ4v) is 2.40. The van der Waals surface area contributed by atoms with Gasteiger partial charge in [-0.2, -0.15) is 18.3 Å². The Morgan fingerprint density at radius 2 is 1.71 bits per heavy atom. The van der Waals surface area contributed by atoms with Crippen molar-refractivity contribution in [2.45, 2.75) is 46.8 Å². The summed E-state index contributed by atoms with van der Waals surface area (Å²) in [6, 6.07) is 4.19. The third kappa shape index (κ3) is 6.03. The second kappa shape index (κ2) is 9.16. The number of amidine groups is 1. The van der Waals surface area contributed by atoms with Gasteiger partial charge in [-0.1, -0.05) is 26.0 Å². The van der Waals surface area contributed by atoms with Gasteiger partial charge in [0.15, 0.2) is 0 Å². The van der Waals surface area contributed by atoms with Gasteiger partial charge in [-0.25, -0.2) is 9.38 Å². The third-order valence-corrected chi connectivity index (χ3v) is 4.26. The minimum Gasteiger partial charge on any atom is -0.387 e. The van der Waals surface area contributed by atoms with Crippen LogP contribution in [0, 0.1) is 11.3 Å². The third-order valence-electron chi connectivity index (χ3n) is 4.26. The number of hydrazone groups is 1. The maximum atomic E-state index is 13.6. The lowest BCUT2D eigenvalue weighted by atomic mass is 9.87. The average Bonchev–Trinajstić information content (AvgIpc) is 2.57. The summed E-state index contributed by atoms with van der Waals surface area (Å²) in [5.41, 5.74) is 6.60. The lowest BCUT2D eigenvalue weighted by Crippen LogP contribution is -2.37. The molecule has 0 aliphatic rings. The van der Waals surface area contributed by atoms with Gasteiger partial charge in [0.25, 0.3) is 5.91 Å². The summed E-state index contributed by atoms with van der Waals surface area (Å²) >= 11 is 0. The molecule has 3 N–H and O–H groups in total.